The van der Waals surface area contributed by atoms with Crippen molar-refractivity contribution in [3.8, 4) is 11.5 Å². The van der Waals surface area contributed by atoms with Crippen molar-refractivity contribution in [3.63, 3.8) is 0 Å². The Morgan fingerprint density at radius 3 is 2.19 bits per heavy atom. The molecule has 0 radical (unpaired) electrons. The third kappa shape index (κ3) is 2.87. The van der Waals surface area contributed by atoms with Crippen LogP contribution in [0.1, 0.15) is 10.4 Å². The van der Waals surface area contributed by atoms with Crippen LogP contribution in [0.15, 0.2) is 66.7 Å². The van der Waals surface area contributed by atoms with Gasteiger partial charge in [-0.05, 0) is 47.2 Å². The molecule has 0 aliphatic rings. The zero-order chi connectivity index (χ0) is 14.7. The number of methoxy groups -OCH3 is 1. The molecule has 0 aliphatic carbocycles. The highest BCUT2D eigenvalue weighted by molar-refractivity contribution is 5.92. The topological polar surface area (TPSA) is 35.5 Å². The van der Waals surface area contributed by atoms with Gasteiger partial charge in [-0.2, -0.15) is 0 Å². The molecule has 0 fully saturated rings. The van der Waals surface area contributed by atoms with Crippen molar-refractivity contribution in [3.05, 3.63) is 72.3 Å². The Morgan fingerprint density at radius 1 is 0.810 bits per heavy atom. The standard InChI is InChI=1S/C18H14O3/c1-20-16-9-7-14(8-10-16)18(19)21-17-11-6-13-4-2-3-5-15(13)12-17/h2-12H,1H3. The van der Waals surface area contributed by atoms with Crippen molar-refractivity contribution in [1.29, 1.82) is 0 Å². The van der Waals surface area contributed by atoms with Crippen LogP contribution in [0.5, 0.6) is 11.5 Å². The van der Waals surface area contributed by atoms with Crippen molar-refractivity contribution >= 4 is 16.7 Å². The molecule has 0 bridgehead atoms. The number of fused-ring (bicyclic) bond motifs is 1. The average molecular weight is 278 g/mol. The molecule has 0 spiro atoms. The lowest BCUT2D eigenvalue weighted by molar-refractivity contribution is 0.0735. The van der Waals surface area contributed by atoms with Crippen molar-refractivity contribution < 1.29 is 14.3 Å². The molecule has 3 nitrogen and oxygen atoms in total. The van der Waals surface area contributed by atoms with E-state index < -0.39 is 0 Å². The van der Waals surface area contributed by atoms with Crippen LogP contribution in [-0.4, -0.2) is 13.1 Å². The molecule has 21 heavy (non-hydrogen) atoms. The fourth-order valence-corrected chi connectivity index (χ4v) is 2.12. The van der Waals surface area contributed by atoms with Crippen molar-refractivity contribution in [2.24, 2.45) is 0 Å². The number of hydrogen-bond donors (Lipinski definition) is 0. The molecule has 0 aliphatic heterocycles. The van der Waals surface area contributed by atoms with Gasteiger partial charge < -0.3 is 9.47 Å². The van der Waals surface area contributed by atoms with Crippen LogP contribution >= 0.6 is 0 Å². The van der Waals surface area contributed by atoms with Gasteiger partial charge in [-0.25, -0.2) is 4.79 Å². The number of hydrogen-bond acceptors (Lipinski definition) is 3. The maximum absolute atomic E-state index is 12.1. The molecule has 3 aromatic carbocycles. The van der Waals surface area contributed by atoms with Gasteiger partial charge >= 0.3 is 5.97 Å². The van der Waals surface area contributed by atoms with Crippen LogP contribution in [0.25, 0.3) is 10.8 Å². The van der Waals surface area contributed by atoms with Gasteiger partial charge in [0.05, 0.1) is 12.7 Å². The second-order valence-corrected chi connectivity index (χ2v) is 4.63. The van der Waals surface area contributed by atoms with Gasteiger partial charge in [0.25, 0.3) is 0 Å². The van der Waals surface area contributed by atoms with Gasteiger partial charge in [0.15, 0.2) is 0 Å². The Hall–Kier alpha value is -2.81. The zero-order valence-electron chi connectivity index (χ0n) is 11.6. The minimum absolute atomic E-state index is 0.382. The minimum atomic E-state index is -0.382. The van der Waals surface area contributed by atoms with Crippen LogP contribution in [0, 0.1) is 0 Å². The van der Waals surface area contributed by atoms with E-state index in [4.69, 9.17) is 9.47 Å². The molecule has 3 aromatic rings. The SMILES string of the molecule is COc1ccc(C(=O)Oc2ccc3ccccc3c2)cc1. The smallest absolute Gasteiger partial charge is 0.343 e. The summed E-state index contributed by atoms with van der Waals surface area (Å²) in [4.78, 5) is 12.1. The third-order valence-corrected chi connectivity index (χ3v) is 3.26. The van der Waals surface area contributed by atoms with Crippen LogP contribution in [0.2, 0.25) is 0 Å². The summed E-state index contributed by atoms with van der Waals surface area (Å²) in [7, 11) is 1.59. The lowest BCUT2D eigenvalue weighted by atomic mass is 10.1. The average Bonchev–Trinajstić information content (AvgIpc) is 2.55. The van der Waals surface area contributed by atoms with E-state index in [1.165, 1.54) is 0 Å². The molecule has 0 atom stereocenters. The molecule has 0 aromatic heterocycles. The summed E-state index contributed by atoms with van der Waals surface area (Å²) in [6, 6.07) is 20.4. The highest BCUT2D eigenvalue weighted by Crippen LogP contribution is 2.21. The Labute approximate surface area is 122 Å². The monoisotopic (exact) mass is 278 g/mol. The molecule has 3 rings (SSSR count). The van der Waals surface area contributed by atoms with Crippen LogP contribution in [0.4, 0.5) is 0 Å². The Balaban J connectivity index is 1.81. The first kappa shape index (κ1) is 13.2. The minimum Gasteiger partial charge on any atom is -0.497 e. The van der Waals surface area contributed by atoms with Gasteiger partial charge in [0, 0.05) is 0 Å². The van der Waals surface area contributed by atoms with Crippen LogP contribution < -0.4 is 9.47 Å². The second-order valence-electron chi connectivity index (χ2n) is 4.63. The maximum Gasteiger partial charge on any atom is 0.343 e. The lowest BCUT2D eigenvalue weighted by Crippen LogP contribution is -2.08. The molecule has 0 amide bonds. The molecule has 0 saturated heterocycles. The van der Waals surface area contributed by atoms with Gasteiger partial charge in [0.2, 0.25) is 0 Å². The summed E-state index contributed by atoms with van der Waals surface area (Å²) >= 11 is 0. The third-order valence-electron chi connectivity index (χ3n) is 3.26. The van der Waals surface area contributed by atoms with Gasteiger partial charge in [-0.15, -0.1) is 0 Å². The maximum atomic E-state index is 12.1. The summed E-state index contributed by atoms with van der Waals surface area (Å²) < 4.78 is 10.5. The van der Waals surface area contributed by atoms with Crippen LogP contribution in [-0.2, 0) is 0 Å². The molecule has 104 valence electrons. The normalized spacial score (nSPS) is 10.3. The molecule has 0 N–H and O–H groups in total. The number of benzene rings is 3. The van der Waals surface area contributed by atoms with Crippen molar-refractivity contribution in [2.75, 3.05) is 7.11 Å². The second kappa shape index (κ2) is 5.67. The summed E-state index contributed by atoms with van der Waals surface area (Å²) in [6.07, 6.45) is 0. The van der Waals surface area contributed by atoms with Crippen molar-refractivity contribution in [1.82, 2.24) is 0 Å². The van der Waals surface area contributed by atoms with E-state index in [-0.39, 0.29) is 5.97 Å². The van der Waals surface area contributed by atoms with Crippen LogP contribution in [0.3, 0.4) is 0 Å². The number of carbonyl (C=O) groups excluding carboxylic acids is 1. The summed E-state index contributed by atoms with van der Waals surface area (Å²) in [5, 5.41) is 2.15. The predicted molar refractivity (Wildman–Crippen MR) is 81.9 cm³/mol. The summed E-state index contributed by atoms with van der Waals surface area (Å²) in [5.41, 5.74) is 0.490. The lowest BCUT2D eigenvalue weighted by Gasteiger charge is -2.06. The number of esters is 1. The highest BCUT2D eigenvalue weighted by atomic mass is 16.5. The molecule has 3 heteroatoms. The van der Waals surface area contributed by atoms with E-state index in [0.717, 1.165) is 10.8 Å². The number of ether oxygens (including phenoxy) is 2. The van der Waals surface area contributed by atoms with E-state index in [0.29, 0.717) is 17.1 Å². The van der Waals surface area contributed by atoms with E-state index >= 15 is 0 Å². The number of carbonyl (C=O) groups is 1. The summed E-state index contributed by atoms with van der Waals surface area (Å²) in [6.45, 7) is 0. The van der Waals surface area contributed by atoms with E-state index in [9.17, 15) is 4.79 Å². The Morgan fingerprint density at radius 2 is 1.48 bits per heavy atom. The molecule has 0 heterocycles. The quantitative estimate of drug-likeness (QED) is 0.535. The van der Waals surface area contributed by atoms with Gasteiger partial charge in [-0.3, -0.25) is 0 Å². The molecular weight excluding hydrogens is 264 g/mol. The highest BCUT2D eigenvalue weighted by Gasteiger charge is 2.09. The Kier molecular flexibility index (Phi) is 3.56. The first-order valence-corrected chi connectivity index (χ1v) is 6.61. The van der Waals surface area contributed by atoms with Crippen molar-refractivity contribution in [2.45, 2.75) is 0 Å². The van der Waals surface area contributed by atoms with E-state index in [1.807, 2.05) is 36.4 Å². The summed E-state index contributed by atoms with van der Waals surface area (Å²) in [5.74, 6) is 0.861. The van der Waals surface area contributed by atoms with Gasteiger partial charge in [-0.1, -0.05) is 30.3 Å². The molecule has 0 saturated carbocycles. The predicted octanol–water partition coefficient (Wildman–Crippen LogP) is 4.07. The van der Waals surface area contributed by atoms with Gasteiger partial charge in [0.1, 0.15) is 11.5 Å². The van der Waals surface area contributed by atoms with E-state index in [2.05, 4.69) is 0 Å². The Bertz CT molecular complexity index is 776. The fraction of sp³-hybridized carbons (Fsp3) is 0.0556. The fourth-order valence-electron chi connectivity index (χ4n) is 2.12. The first-order valence-electron chi connectivity index (χ1n) is 6.61. The zero-order valence-corrected chi connectivity index (χ0v) is 11.6. The first-order chi connectivity index (χ1) is 10.3. The largest absolute Gasteiger partial charge is 0.497 e. The van der Waals surface area contributed by atoms with E-state index in [1.54, 1.807) is 37.4 Å². The molecule has 0 unspecified atom stereocenters. The number of rotatable bonds is 3. The molecular formula is C18H14O3.